The molecular weight excluding hydrogens is 367 g/mol. The van der Waals surface area contributed by atoms with Crippen LogP contribution in [-0.4, -0.2) is 22.9 Å². The number of hydrogen-bond acceptors (Lipinski definition) is 3. The number of nitrogens with two attached hydrogens (primary N) is 1. The third-order valence-corrected chi connectivity index (χ3v) is 5.66. The van der Waals surface area contributed by atoms with Gasteiger partial charge in [-0.15, -0.1) is 12.4 Å². The molecule has 136 valence electrons. The third-order valence-electron chi connectivity index (χ3n) is 4.57. The van der Waals surface area contributed by atoms with Gasteiger partial charge in [0.25, 0.3) is 0 Å². The Balaban J connectivity index is 0.00000288. The van der Waals surface area contributed by atoms with E-state index in [2.05, 4.69) is 5.32 Å². The minimum atomic E-state index is -0.975. The van der Waals surface area contributed by atoms with Crippen molar-refractivity contribution in [2.24, 2.45) is 11.1 Å². The molecule has 2 rings (SSSR count). The number of hydrogen-bond donors (Lipinski definition) is 2. The predicted molar refractivity (Wildman–Crippen MR) is 104 cm³/mol. The fourth-order valence-electron chi connectivity index (χ4n) is 3.28. The van der Waals surface area contributed by atoms with E-state index in [0.29, 0.717) is 29.4 Å². The Bertz CT molecular complexity index is 590. The van der Waals surface area contributed by atoms with Crippen LogP contribution in [0.2, 0.25) is 5.02 Å². The van der Waals surface area contributed by atoms with Gasteiger partial charge in [-0.1, -0.05) is 30.9 Å². The Hall–Kier alpha value is -0.620. The summed E-state index contributed by atoms with van der Waals surface area (Å²) in [6.45, 7) is 0.557. The standard InChI is InChI=1S/C17H25ClN2O2S.ClH/c1-23(22)11-13-9-14(5-6-15(13)18)20-16(21)10-17(12-19)7-3-2-4-8-17;/h5-6,9H,2-4,7-8,10-12,19H2,1H3,(H,20,21);1H. The smallest absolute Gasteiger partial charge is 0.224 e. The zero-order chi connectivity index (χ0) is 16.9. The Morgan fingerprint density at radius 3 is 2.58 bits per heavy atom. The van der Waals surface area contributed by atoms with E-state index in [4.69, 9.17) is 17.3 Å². The average Bonchev–Trinajstić information content (AvgIpc) is 2.51. The van der Waals surface area contributed by atoms with Gasteiger partial charge in [0.15, 0.2) is 0 Å². The van der Waals surface area contributed by atoms with Crippen molar-refractivity contribution in [2.45, 2.75) is 44.3 Å². The molecule has 0 radical (unpaired) electrons. The van der Waals surface area contributed by atoms with E-state index in [-0.39, 0.29) is 23.7 Å². The van der Waals surface area contributed by atoms with Crippen LogP contribution < -0.4 is 11.1 Å². The number of rotatable bonds is 6. The van der Waals surface area contributed by atoms with Gasteiger partial charge in [0.1, 0.15) is 0 Å². The van der Waals surface area contributed by atoms with Crippen molar-refractivity contribution < 1.29 is 9.00 Å². The van der Waals surface area contributed by atoms with Crippen molar-refractivity contribution in [1.82, 2.24) is 0 Å². The van der Waals surface area contributed by atoms with Gasteiger partial charge >= 0.3 is 0 Å². The minimum Gasteiger partial charge on any atom is -0.330 e. The van der Waals surface area contributed by atoms with E-state index in [0.717, 1.165) is 31.2 Å². The second-order valence-electron chi connectivity index (χ2n) is 6.51. The van der Waals surface area contributed by atoms with Crippen molar-refractivity contribution in [2.75, 3.05) is 18.1 Å². The van der Waals surface area contributed by atoms with E-state index >= 15 is 0 Å². The first-order valence-corrected chi connectivity index (χ1v) is 10.1. The molecule has 1 aromatic carbocycles. The van der Waals surface area contributed by atoms with Crippen molar-refractivity contribution >= 4 is 46.4 Å². The molecule has 0 heterocycles. The third kappa shape index (κ3) is 6.03. The number of benzene rings is 1. The molecule has 1 unspecified atom stereocenters. The Morgan fingerprint density at radius 2 is 2.00 bits per heavy atom. The van der Waals surface area contributed by atoms with E-state index < -0.39 is 10.8 Å². The van der Waals surface area contributed by atoms with Crippen molar-refractivity contribution in [3.63, 3.8) is 0 Å². The second-order valence-corrected chi connectivity index (χ2v) is 8.36. The molecule has 7 heteroatoms. The van der Waals surface area contributed by atoms with Crippen molar-refractivity contribution in [3.8, 4) is 0 Å². The molecule has 1 amide bonds. The zero-order valence-electron chi connectivity index (χ0n) is 14.0. The Kier molecular flexibility index (Phi) is 8.71. The zero-order valence-corrected chi connectivity index (χ0v) is 16.4. The van der Waals surface area contributed by atoms with Gasteiger partial charge in [-0.3, -0.25) is 9.00 Å². The highest BCUT2D eigenvalue weighted by molar-refractivity contribution is 7.83. The largest absolute Gasteiger partial charge is 0.330 e. The number of amides is 1. The minimum absolute atomic E-state index is 0. The molecule has 0 spiro atoms. The summed E-state index contributed by atoms with van der Waals surface area (Å²) in [5.41, 5.74) is 7.38. The molecule has 3 N–H and O–H groups in total. The lowest BCUT2D eigenvalue weighted by Crippen LogP contribution is -2.36. The second kappa shape index (κ2) is 9.76. The van der Waals surface area contributed by atoms with Crippen LogP contribution in [-0.2, 0) is 21.3 Å². The molecule has 0 bridgehead atoms. The summed E-state index contributed by atoms with van der Waals surface area (Å²) in [7, 11) is -0.975. The van der Waals surface area contributed by atoms with Crippen LogP contribution in [0, 0.1) is 5.41 Å². The molecule has 0 aliphatic heterocycles. The normalized spacial score (nSPS) is 17.6. The van der Waals surface area contributed by atoms with Gasteiger partial charge in [-0.2, -0.15) is 0 Å². The van der Waals surface area contributed by atoms with Gasteiger partial charge in [0.2, 0.25) is 5.91 Å². The SMILES string of the molecule is CS(=O)Cc1cc(NC(=O)CC2(CN)CCCCC2)ccc1Cl.Cl. The van der Waals surface area contributed by atoms with Crippen LogP contribution in [0.15, 0.2) is 18.2 Å². The maximum absolute atomic E-state index is 12.4. The van der Waals surface area contributed by atoms with Crippen LogP contribution in [0.25, 0.3) is 0 Å². The van der Waals surface area contributed by atoms with Gasteiger partial charge in [-0.25, -0.2) is 0 Å². The van der Waals surface area contributed by atoms with Crippen LogP contribution in [0.5, 0.6) is 0 Å². The summed E-state index contributed by atoms with van der Waals surface area (Å²) in [4.78, 5) is 12.4. The van der Waals surface area contributed by atoms with E-state index in [1.807, 2.05) is 0 Å². The lowest BCUT2D eigenvalue weighted by atomic mass is 9.71. The van der Waals surface area contributed by atoms with Crippen molar-refractivity contribution in [3.05, 3.63) is 28.8 Å². The molecule has 0 aromatic heterocycles. The highest BCUT2D eigenvalue weighted by atomic mass is 35.5. The first-order valence-electron chi connectivity index (χ1n) is 8.02. The first-order chi connectivity index (χ1) is 10.9. The number of anilines is 1. The Morgan fingerprint density at radius 1 is 1.33 bits per heavy atom. The summed E-state index contributed by atoms with van der Waals surface area (Å²) < 4.78 is 11.4. The summed E-state index contributed by atoms with van der Waals surface area (Å²) in [5.74, 6) is 0.373. The van der Waals surface area contributed by atoms with E-state index in [9.17, 15) is 9.00 Å². The summed E-state index contributed by atoms with van der Waals surface area (Å²) in [6.07, 6.45) is 7.68. The van der Waals surface area contributed by atoms with E-state index in [1.54, 1.807) is 24.5 Å². The molecule has 1 saturated carbocycles. The van der Waals surface area contributed by atoms with Crippen LogP contribution in [0.1, 0.15) is 44.1 Å². The molecule has 1 fully saturated rings. The number of carbonyl (C=O) groups is 1. The maximum atomic E-state index is 12.4. The molecule has 1 aliphatic carbocycles. The average molecular weight is 393 g/mol. The molecule has 1 aromatic rings. The molecule has 24 heavy (non-hydrogen) atoms. The monoisotopic (exact) mass is 392 g/mol. The lowest BCUT2D eigenvalue weighted by molar-refractivity contribution is -0.118. The number of carbonyl (C=O) groups excluding carboxylic acids is 1. The van der Waals surface area contributed by atoms with Gasteiger partial charge in [-0.05, 0) is 48.6 Å². The lowest BCUT2D eigenvalue weighted by Gasteiger charge is -2.35. The summed E-state index contributed by atoms with van der Waals surface area (Å²) in [6, 6.07) is 5.31. The topological polar surface area (TPSA) is 72.2 Å². The highest BCUT2D eigenvalue weighted by Crippen LogP contribution is 2.38. The van der Waals surface area contributed by atoms with Crippen molar-refractivity contribution in [1.29, 1.82) is 0 Å². The maximum Gasteiger partial charge on any atom is 0.224 e. The predicted octanol–water partition coefficient (Wildman–Crippen LogP) is 3.88. The first kappa shape index (κ1) is 21.4. The number of halogens is 2. The molecule has 4 nitrogen and oxygen atoms in total. The van der Waals surface area contributed by atoms with E-state index in [1.165, 1.54) is 6.42 Å². The molecule has 0 saturated heterocycles. The van der Waals surface area contributed by atoms with Crippen LogP contribution >= 0.6 is 24.0 Å². The highest BCUT2D eigenvalue weighted by Gasteiger charge is 2.32. The summed E-state index contributed by atoms with van der Waals surface area (Å²) in [5, 5.41) is 3.51. The molecular formula is C17H26Cl2N2O2S. The molecule has 1 aliphatic rings. The molecule has 1 atom stereocenters. The van der Waals surface area contributed by atoms with Crippen LogP contribution in [0.4, 0.5) is 5.69 Å². The fourth-order valence-corrected chi connectivity index (χ4v) is 4.22. The summed E-state index contributed by atoms with van der Waals surface area (Å²) >= 11 is 6.11. The number of nitrogens with one attached hydrogen (secondary N) is 1. The fraction of sp³-hybridized carbons (Fsp3) is 0.588. The van der Waals surface area contributed by atoms with Gasteiger partial charge in [0, 0.05) is 39.9 Å². The Labute approximate surface area is 157 Å². The van der Waals surface area contributed by atoms with Crippen LogP contribution in [0.3, 0.4) is 0 Å². The van der Waals surface area contributed by atoms with Gasteiger partial charge < -0.3 is 11.1 Å². The quantitative estimate of drug-likeness (QED) is 0.771. The van der Waals surface area contributed by atoms with Gasteiger partial charge in [0.05, 0.1) is 0 Å².